The molecule has 14 rings (SSSR count). The van der Waals surface area contributed by atoms with Crippen molar-refractivity contribution in [2.75, 3.05) is 4.90 Å². The third-order valence-electron chi connectivity index (χ3n) is 13.6. The minimum atomic E-state index is 0.0135. The van der Waals surface area contributed by atoms with Gasteiger partial charge in [0.25, 0.3) is 0 Å². The summed E-state index contributed by atoms with van der Waals surface area (Å²) < 4.78 is 2.56. The Morgan fingerprint density at radius 2 is 1.00 bits per heavy atom. The van der Waals surface area contributed by atoms with Gasteiger partial charge in [-0.3, -0.25) is 0 Å². The number of hydrogen-bond donors (Lipinski definition) is 0. The van der Waals surface area contributed by atoms with E-state index >= 15 is 0 Å². The molecule has 0 amide bonds. The number of benzene rings is 9. The summed E-state index contributed by atoms with van der Waals surface area (Å²) in [6, 6.07) is 59.7. The van der Waals surface area contributed by atoms with Crippen molar-refractivity contribution in [3.63, 3.8) is 0 Å². The molecule has 1 aliphatic carbocycles. The molecule has 0 bridgehead atoms. The first-order chi connectivity index (χ1) is 27.9. The standard InChI is InChI=1S/C52H31B2N2/c1-3-15-31(16-4-1)55-43-27-11-12-28-44(43)56(32-17-5-2-6-18-32)52-40-24-14-22-38-46(40)45-37(21-13-23-39(45)51(52)55)49-50(38)54-42-26-10-8-20-34(42)36-30-29-35-33-19-7-9-25-41(33)53(49)47(35)48(36)54/h1-30,43H/q+1. The van der Waals surface area contributed by atoms with Crippen LogP contribution in [-0.4, -0.2) is 25.2 Å². The molecule has 0 saturated carbocycles. The molecule has 0 N–H and O–H groups in total. The van der Waals surface area contributed by atoms with Gasteiger partial charge in [-0.1, -0.05) is 178 Å². The van der Waals surface area contributed by atoms with Crippen molar-refractivity contribution in [2.45, 2.75) is 6.04 Å². The summed E-state index contributed by atoms with van der Waals surface area (Å²) in [7, 11) is 0. The highest BCUT2D eigenvalue weighted by Gasteiger charge is 2.51. The molecule has 0 fully saturated rings. The van der Waals surface area contributed by atoms with Crippen molar-refractivity contribution in [3.05, 3.63) is 182 Å². The van der Waals surface area contributed by atoms with Crippen molar-refractivity contribution in [1.29, 1.82) is 0 Å². The van der Waals surface area contributed by atoms with Crippen LogP contribution in [0.5, 0.6) is 0 Å². The van der Waals surface area contributed by atoms with Crippen LogP contribution < -0.4 is 42.3 Å². The molecular weight excluding hydrogens is 674 g/mol. The Morgan fingerprint density at radius 1 is 0.446 bits per heavy atom. The maximum Gasteiger partial charge on any atom is 0.243 e. The molecule has 0 spiro atoms. The van der Waals surface area contributed by atoms with E-state index in [-0.39, 0.29) is 19.5 Å². The number of fused-ring (bicyclic) bond motifs is 15. The second-order valence-corrected chi connectivity index (χ2v) is 16.0. The maximum atomic E-state index is 2.61. The molecule has 1 atom stereocenters. The van der Waals surface area contributed by atoms with E-state index in [9.17, 15) is 0 Å². The Morgan fingerprint density at radius 3 is 1.66 bits per heavy atom. The normalized spacial score (nSPS) is 16.4. The van der Waals surface area contributed by atoms with E-state index in [1.165, 1.54) is 116 Å². The Bertz CT molecular complexity index is 3320. The number of hydrogen-bond acceptors (Lipinski definition) is 1. The molecule has 4 heteroatoms. The van der Waals surface area contributed by atoms with Gasteiger partial charge in [-0.2, -0.15) is 4.58 Å². The monoisotopic (exact) mass is 705 g/mol. The van der Waals surface area contributed by atoms with Gasteiger partial charge in [-0.25, -0.2) is 0 Å². The van der Waals surface area contributed by atoms with Crippen LogP contribution in [0.15, 0.2) is 182 Å². The van der Waals surface area contributed by atoms with Crippen LogP contribution in [-0.2, 0) is 0 Å². The number of rotatable bonds is 2. The highest BCUT2D eigenvalue weighted by Crippen LogP contribution is 2.52. The predicted molar refractivity (Wildman–Crippen MR) is 240 cm³/mol. The van der Waals surface area contributed by atoms with Crippen molar-refractivity contribution in [3.8, 4) is 22.3 Å². The molecule has 5 aliphatic rings. The molecule has 9 aromatic rings. The molecule has 1 unspecified atom stereocenters. The fraction of sp³-hybridized carbons (Fsp3) is 0.0192. The Balaban J connectivity index is 1.22. The van der Waals surface area contributed by atoms with Crippen LogP contribution in [0.4, 0.5) is 22.7 Å². The zero-order chi connectivity index (χ0) is 36.2. The third-order valence-corrected chi connectivity index (χ3v) is 13.6. The number of anilines is 2. The zero-order valence-corrected chi connectivity index (χ0v) is 30.4. The Hall–Kier alpha value is -6.90. The summed E-state index contributed by atoms with van der Waals surface area (Å²) in [4.78, 5) is 2.61. The van der Waals surface area contributed by atoms with Crippen LogP contribution in [0.25, 0.3) is 54.6 Å². The van der Waals surface area contributed by atoms with E-state index in [0.29, 0.717) is 0 Å². The lowest BCUT2D eigenvalue weighted by atomic mass is 9.22. The summed E-state index contributed by atoms with van der Waals surface area (Å²) in [5.41, 5.74) is 20.6. The second-order valence-electron chi connectivity index (χ2n) is 16.0. The fourth-order valence-corrected chi connectivity index (χ4v) is 11.7. The second kappa shape index (κ2) is 10.4. The highest BCUT2D eigenvalue weighted by molar-refractivity contribution is 7.16. The van der Waals surface area contributed by atoms with Gasteiger partial charge in [0, 0.05) is 34.7 Å². The summed E-state index contributed by atoms with van der Waals surface area (Å²) in [6.45, 7) is 0.331. The number of allylic oxidation sites excluding steroid dienone is 2. The average molecular weight is 705 g/mol. The first kappa shape index (κ1) is 29.5. The summed E-state index contributed by atoms with van der Waals surface area (Å²) in [6.07, 6.45) is 9.11. The van der Waals surface area contributed by atoms with Crippen molar-refractivity contribution in [1.82, 2.24) is 4.58 Å². The SMILES string of the molecule is C1=CC2=[N+](c3ccccc3)c3c(c4cccc5c6c(c7cccc3c7c54)B3c4ccccc4-c4ccc5c(c43)B6c3ccccc3-5)N(c3ccccc3)C2C=C1. The number of nitrogens with zero attached hydrogens (tertiary/aromatic N) is 2. The molecule has 0 saturated heterocycles. The topological polar surface area (TPSA) is 6.25 Å². The fourth-order valence-electron chi connectivity index (χ4n) is 11.7. The minimum absolute atomic E-state index is 0.0135. The van der Waals surface area contributed by atoms with Gasteiger partial charge in [-0.15, -0.1) is 0 Å². The van der Waals surface area contributed by atoms with Crippen LogP contribution in [0.1, 0.15) is 0 Å². The van der Waals surface area contributed by atoms with Crippen molar-refractivity contribution < 1.29 is 0 Å². The zero-order valence-electron chi connectivity index (χ0n) is 30.4. The van der Waals surface area contributed by atoms with Gasteiger partial charge in [0.05, 0.1) is 5.39 Å². The lowest BCUT2D eigenvalue weighted by Crippen LogP contribution is -2.72. The van der Waals surface area contributed by atoms with Gasteiger partial charge in [0.1, 0.15) is 11.7 Å². The van der Waals surface area contributed by atoms with E-state index in [0.717, 1.165) is 0 Å². The predicted octanol–water partition coefficient (Wildman–Crippen LogP) is 7.81. The molecule has 56 heavy (non-hydrogen) atoms. The van der Waals surface area contributed by atoms with E-state index in [2.05, 4.69) is 192 Å². The van der Waals surface area contributed by atoms with Crippen LogP contribution in [0, 0.1) is 0 Å². The van der Waals surface area contributed by atoms with E-state index in [1.807, 2.05) is 0 Å². The van der Waals surface area contributed by atoms with Gasteiger partial charge < -0.3 is 4.90 Å². The van der Waals surface area contributed by atoms with E-state index in [4.69, 9.17) is 0 Å². The molecule has 4 heterocycles. The summed E-state index contributed by atoms with van der Waals surface area (Å²) >= 11 is 0. The Labute approximate surface area is 325 Å². The smallest absolute Gasteiger partial charge is 0.243 e. The quantitative estimate of drug-likeness (QED) is 0.101. The number of para-hydroxylation sites is 2. The first-order valence-corrected chi connectivity index (χ1v) is 19.9. The van der Waals surface area contributed by atoms with Crippen LogP contribution in [0.2, 0.25) is 0 Å². The summed E-state index contributed by atoms with van der Waals surface area (Å²) in [5, 5.41) is 8.10. The first-order valence-electron chi connectivity index (χ1n) is 19.9. The largest absolute Gasteiger partial charge is 0.318 e. The molecule has 2 nitrogen and oxygen atoms in total. The lowest BCUT2D eigenvalue weighted by molar-refractivity contribution is 0.906. The summed E-state index contributed by atoms with van der Waals surface area (Å²) in [5.74, 6) is 0. The van der Waals surface area contributed by atoms with Crippen molar-refractivity contribution >= 4 is 107 Å². The molecule has 9 aromatic carbocycles. The molecule has 0 radical (unpaired) electrons. The van der Waals surface area contributed by atoms with Gasteiger partial charge in [0.2, 0.25) is 30.5 Å². The minimum Gasteiger partial charge on any atom is -0.318 e. The van der Waals surface area contributed by atoms with Crippen LogP contribution in [0.3, 0.4) is 0 Å². The average Bonchev–Trinajstić information content (AvgIpc) is 3.78. The molecule has 4 aliphatic heterocycles. The molecule has 254 valence electrons. The highest BCUT2D eigenvalue weighted by atomic mass is 15.2. The Kier molecular flexibility index (Phi) is 5.49. The van der Waals surface area contributed by atoms with Gasteiger partial charge in [0.15, 0.2) is 0 Å². The van der Waals surface area contributed by atoms with Gasteiger partial charge >= 0.3 is 0 Å². The van der Waals surface area contributed by atoms with Crippen molar-refractivity contribution in [2.24, 2.45) is 0 Å². The molecular formula is C52H31B2N2+. The van der Waals surface area contributed by atoms with Gasteiger partial charge in [-0.05, 0) is 56.6 Å². The maximum absolute atomic E-state index is 2.61. The van der Waals surface area contributed by atoms with E-state index < -0.39 is 0 Å². The van der Waals surface area contributed by atoms with E-state index in [1.54, 1.807) is 0 Å². The van der Waals surface area contributed by atoms with Crippen LogP contribution >= 0.6 is 0 Å². The molecule has 0 aromatic heterocycles. The third kappa shape index (κ3) is 3.42. The lowest BCUT2D eigenvalue weighted by Gasteiger charge is -2.38.